The Hall–Kier alpha value is -4.93. The molecule has 0 radical (unpaired) electrons. The lowest BCUT2D eigenvalue weighted by Gasteiger charge is -2.12. The van der Waals surface area contributed by atoms with Crippen molar-refractivity contribution < 1.29 is 19.4 Å². The van der Waals surface area contributed by atoms with E-state index < -0.39 is 0 Å². The highest BCUT2D eigenvalue weighted by Gasteiger charge is 2.11. The number of ether oxygens (including phenoxy) is 2. The van der Waals surface area contributed by atoms with Gasteiger partial charge in [0, 0.05) is 35.8 Å². The second kappa shape index (κ2) is 12.1. The van der Waals surface area contributed by atoms with Gasteiger partial charge in [-0.05, 0) is 68.2 Å². The van der Waals surface area contributed by atoms with Crippen molar-refractivity contribution in [3.8, 4) is 11.5 Å². The molecule has 4 heteroatoms. The number of benzene rings is 8. The van der Waals surface area contributed by atoms with Gasteiger partial charge in [-0.25, -0.2) is 0 Å². The molecule has 1 N–H and O–H groups in total. The first-order valence-corrected chi connectivity index (χ1v) is 13.4. The molecule has 8 aromatic rings. The third-order valence-electron chi connectivity index (χ3n) is 7.21. The maximum atomic E-state index is 9.95. The molecular weight excluding hydrogens is 508 g/mol. The van der Waals surface area contributed by atoms with Crippen LogP contribution in [-0.2, 0) is 9.53 Å². The van der Waals surface area contributed by atoms with Crippen LogP contribution in [0.15, 0.2) is 109 Å². The highest BCUT2D eigenvalue weighted by Crippen LogP contribution is 2.39. The summed E-state index contributed by atoms with van der Waals surface area (Å²) in [5.41, 5.74) is 0. The maximum absolute atomic E-state index is 9.95. The second-order valence-electron chi connectivity index (χ2n) is 9.71. The summed E-state index contributed by atoms with van der Waals surface area (Å²) < 4.78 is 9.72. The number of carbonyl (C=O) groups excluding carboxylic acids is 1. The molecule has 0 aliphatic heterocycles. The fourth-order valence-electron chi connectivity index (χ4n) is 5.61. The number of rotatable bonds is 1. The summed E-state index contributed by atoms with van der Waals surface area (Å²) in [5.74, 6) is 1.30. The van der Waals surface area contributed by atoms with E-state index in [2.05, 4.69) is 89.7 Å². The molecule has 0 bridgehead atoms. The zero-order chi connectivity index (χ0) is 28.9. The van der Waals surface area contributed by atoms with Crippen molar-refractivity contribution in [3.63, 3.8) is 0 Å². The van der Waals surface area contributed by atoms with E-state index in [-0.39, 0.29) is 0 Å². The van der Waals surface area contributed by atoms with Crippen LogP contribution in [0, 0.1) is 0 Å². The van der Waals surface area contributed by atoms with Gasteiger partial charge < -0.3 is 19.4 Å². The maximum Gasteiger partial charge on any atom is 0.126 e. The highest BCUT2D eigenvalue weighted by molar-refractivity contribution is 6.25. The number of hydrogen-bond acceptors (Lipinski definition) is 4. The zero-order valence-electron chi connectivity index (χ0n) is 23.6. The van der Waals surface area contributed by atoms with E-state index in [9.17, 15) is 5.11 Å². The monoisotopic (exact) mass is 540 g/mol. The molecular formula is C37H32O4. The van der Waals surface area contributed by atoms with Gasteiger partial charge in [0.05, 0.1) is 7.11 Å². The van der Waals surface area contributed by atoms with Gasteiger partial charge in [0.25, 0.3) is 0 Å². The van der Waals surface area contributed by atoms with Crippen molar-refractivity contribution in [2.24, 2.45) is 0 Å². The van der Waals surface area contributed by atoms with Gasteiger partial charge in [-0.1, -0.05) is 91.0 Å². The number of hydrogen-bond donors (Lipinski definition) is 1. The van der Waals surface area contributed by atoms with Crippen molar-refractivity contribution >= 4 is 70.9 Å². The zero-order valence-corrected chi connectivity index (χ0v) is 23.6. The molecule has 204 valence electrons. The van der Waals surface area contributed by atoms with E-state index in [0.29, 0.717) is 5.75 Å². The van der Waals surface area contributed by atoms with E-state index in [0.717, 1.165) is 17.4 Å². The van der Waals surface area contributed by atoms with Crippen molar-refractivity contribution in [2.75, 3.05) is 21.3 Å². The van der Waals surface area contributed by atoms with E-state index >= 15 is 0 Å². The van der Waals surface area contributed by atoms with Crippen LogP contribution >= 0.6 is 0 Å². The minimum Gasteiger partial charge on any atom is -0.507 e. The third-order valence-corrected chi connectivity index (χ3v) is 7.21. The molecule has 0 atom stereocenters. The van der Waals surface area contributed by atoms with E-state index in [4.69, 9.17) is 9.53 Å². The summed E-state index contributed by atoms with van der Waals surface area (Å²) in [7, 11) is 4.98. The average Bonchev–Trinajstić information content (AvgIpc) is 3.01. The quantitative estimate of drug-likeness (QED) is 0.166. The van der Waals surface area contributed by atoms with Crippen LogP contribution in [0.1, 0.15) is 6.92 Å². The largest absolute Gasteiger partial charge is 0.507 e. The number of phenolic OH excluding ortho intramolecular Hbond substituents is 1. The molecule has 0 aliphatic carbocycles. The van der Waals surface area contributed by atoms with Crippen LogP contribution in [0.25, 0.3) is 64.6 Å². The molecule has 0 saturated carbocycles. The number of aldehydes is 1. The van der Waals surface area contributed by atoms with Gasteiger partial charge >= 0.3 is 0 Å². The SMILES string of the molecule is CC=O.COC.COc1ccc2ccc3cccc4ccc1c2c34.Oc1ccc2ccc3cccc4ccc1c2c34. The van der Waals surface area contributed by atoms with E-state index in [1.165, 1.54) is 66.2 Å². The lowest BCUT2D eigenvalue weighted by molar-refractivity contribution is -0.106. The average molecular weight is 541 g/mol. The van der Waals surface area contributed by atoms with Crippen LogP contribution in [-0.4, -0.2) is 32.7 Å². The topological polar surface area (TPSA) is 55.8 Å². The molecule has 0 heterocycles. The van der Waals surface area contributed by atoms with Crippen molar-refractivity contribution in [1.29, 1.82) is 0 Å². The summed E-state index contributed by atoms with van der Waals surface area (Å²) in [6, 6.07) is 37.7. The Morgan fingerprint density at radius 2 is 0.854 bits per heavy atom. The predicted octanol–water partition coefficient (Wildman–Crippen LogP) is 9.35. The van der Waals surface area contributed by atoms with Gasteiger partial charge in [-0.2, -0.15) is 0 Å². The molecule has 8 aromatic carbocycles. The van der Waals surface area contributed by atoms with Crippen molar-refractivity contribution in [2.45, 2.75) is 6.92 Å². The highest BCUT2D eigenvalue weighted by atomic mass is 16.5. The summed E-state index contributed by atoms with van der Waals surface area (Å²) in [5, 5.41) is 24.6. The first-order valence-electron chi connectivity index (χ1n) is 13.4. The summed E-state index contributed by atoms with van der Waals surface area (Å²) >= 11 is 0. The van der Waals surface area contributed by atoms with Crippen LogP contribution in [0.5, 0.6) is 11.5 Å². The van der Waals surface area contributed by atoms with Gasteiger partial charge in [0.1, 0.15) is 17.8 Å². The lowest BCUT2D eigenvalue weighted by Crippen LogP contribution is -1.88. The smallest absolute Gasteiger partial charge is 0.126 e. The molecule has 0 aliphatic rings. The molecule has 4 nitrogen and oxygen atoms in total. The van der Waals surface area contributed by atoms with Gasteiger partial charge in [-0.3, -0.25) is 0 Å². The summed E-state index contributed by atoms with van der Waals surface area (Å²) in [6.07, 6.45) is 0.750. The van der Waals surface area contributed by atoms with E-state index in [1.807, 2.05) is 18.2 Å². The Bertz CT molecular complexity index is 2040. The molecule has 0 saturated heterocycles. The number of methoxy groups -OCH3 is 2. The Kier molecular flexibility index (Phi) is 8.14. The van der Waals surface area contributed by atoms with Gasteiger partial charge in [0.15, 0.2) is 0 Å². The van der Waals surface area contributed by atoms with Crippen LogP contribution < -0.4 is 4.74 Å². The molecule has 0 amide bonds. The minimum absolute atomic E-state index is 0.357. The van der Waals surface area contributed by atoms with E-state index in [1.54, 1.807) is 27.4 Å². The molecule has 0 fully saturated rings. The second-order valence-corrected chi connectivity index (χ2v) is 9.71. The Morgan fingerprint density at radius 1 is 0.512 bits per heavy atom. The van der Waals surface area contributed by atoms with Crippen LogP contribution in [0.4, 0.5) is 0 Å². The van der Waals surface area contributed by atoms with Gasteiger partial charge in [-0.15, -0.1) is 0 Å². The predicted molar refractivity (Wildman–Crippen MR) is 173 cm³/mol. The Labute approximate surface area is 239 Å². The fraction of sp³-hybridized carbons (Fsp3) is 0.108. The van der Waals surface area contributed by atoms with Crippen molar-refractivity contribution in [3.05, 3.63) is 109 Å². The molecule has 0 unspecified atom stereocenters. The third kappa shape index (κ3) is 5.06. The van der Waals surface area contributed by atoms with Crippen LogP contribution in [0.3, 0.4) is 0 Å². The van der Waals surface area contributed by atoms with Crippen LogP contribution in [0.2, 0.25) is 0 Å². The summed E-state index contributed by atoms with van der Waals surface area (Å²) in [4.78, 5) is 8.81. The first kappa shape index (κ1) is 27.6. The minimum atomic E-state index is 0.357. The van der Waals surface area contributed by atoms with Gasteiger partial charge in [0.2, 0.25) is 0 Å². The number of carbonyl (C=O) groups is 1. The standard InChI is InChI=1S/C17H12O.C16H10O.C2H6O.C2H4O/c1-18-15-10-8-13-6-5-11-3-2-4-12-7-9-14(15)17(13)16(11)12;17-14-9-7-12-5-4-10-2-1-3-11-6-8-13(14)16(12)15(10)11;1-3-2;1-2-3/h2-10H,1H3;1-9,17H;1-2H3;2H,1H3. The number of aromatic hydroxyl groups is 1. The lowest BCUT2D eigenvalue weighted by atomic mass is 9.94. The van der Waals surface area contributed by atoms with Crippen molar-refractivity contribution in [1.82, 2.24) is 0 Å². The Morgan fingerprint density at radius 3 is 1.32 bits per heavy atom. The molecule has 41 heavy (non-hydrogen) atoms. The Balaban J connectivity index is 0.000000139. The molecule has 8 rings (SSSR count). The summed E-state index contributed by atoms with van der Waals surface area (Å²) in [6.45, 7) is 1.44. The number of phenols is 1. The molecule has 0 aromatic heterocycles. The first-order chi connectivity index (χ1) is 20.1. The molecule has 0 spiro atoms. The normalized spacial score (nSPS) is 10.7. The fourth-order valence-corrected chi connectivity index (χ4v) is 5.61.